The first-order valence-corrected chi connectivity index (χ1v) is 6.30. The van der Waals surface area contributed by atoms with E-state index in [1.54, 1.807) is 0 Å². The summed E-state index contributed by atoms with van der Waals surface area (Å²) in [6.45, 7) is 1.44. The van der Waals surface area contributed by atoms with Crippen LogP contribution in [0.3, 0.4) is 0 Å². The third kappa shape index (κ3) is 3.72. The fourth-order valence-electron chi connectivity index (χ4n) is 1.85. The Kier molecular flexibility index (Phi) is 4.40. The van der Waals surface area contributed by atoms with E-state index in [0.717, 1.165) is 36.7 Å². The summed E-state index contributed by atoms with van der Waals surface area (Å²) in [5.41, 5.74) is 6.69. The highest BCUT2D eigenvalue weighted by molar-refractivity contribution is 6.30. The van der Waals surface area contributed by atoms with Gasteiger partial charge in [0, 0.05) is 17.9 Å². The summed E-state index contributed by atoms with van der Waals surface area (Å²) in [5.74, 6) is 0.856. The van der Waals surface area contributed by atoms with Gasteiger partial charge in [0.2, 0.25) is 0 Å². The van der Waals surface area contributed by atoms with Gasteiger partial charge in [-0.15, -0.1) is 0 Å². The molecule has 1 aliphatic rings. The fraction of sp³-hybridized carbons (Fsp3) is 0.462. The van der Waals surface area contributed by atoms with Crippen molar-refractivity contribution < 1.29 is 4.74 Å². The number of hydrogen-bond acceptors (Lipinski definition) is 3. The van der Waals surface area contributed by atoms with E-state index in [9.17, 15) is 0 Å². The average molecular weight is 253 g/mol. The normalized spacial score (nSPS) is 18.9. The van der Waals surface area contributed by atoms with Gasteiger partial charge in [-0.3, -0.25) is 4.99 Å². The second-order valence-corrected chi connectivity index (χ2v) is 4.63. The molecule has 0 aromatic heterocycles. The smallest absolute Gasteiger partial charge is 0.183 e. The molecule has 92 valence electrons. The number of nitrogens with two attached hydrogens (primary N) is 1. The maximum Gasteiger partial charge on any atom is 0.183 e. The molecule has 1 aromatic rings. The van der Waals surface area contributed by atoms with Crippen LogP contribution >= 0.6 is 11.6 Å². The topological polar surface area (TPSA) is 47.6 Å². The Bertz CT molecular complexity index is 389. The molecule has 1 unspecified atom stereocenters. The molecule has 17 heavy (non-hydrogen) atoms. The molecule has 0 aliphatic carbocycles. The number of hydrogen-bond donors (Lipinski definition) is 1. The molecule has 0 fully saturated rings. The van der Waals surface area contributed by atoms with Crippen molar-refractivity contribution in [3.8, 4) is 0 Å². The number of benzene rings is 1. The molecule has 1 aromatic carbocycles. The van der Waals surface area contributed by atoms with Gasteiger partial charge >= 0.3 is 0 Å². The molecule has 0 saturated carbocycles. The molecule has 0 saturated heterocycles. The number of ether oxygens (including phenoxy) is 1. The molecule has 2 N–H and O–H groups in total. The number of rotatable bonds is 5. The Morgan fingerprint density at radius 3 is 2.82 bits per heavy atom. The molecule has 2 rings (SSSR count). The molecule has 0 amide bonds. The minimum Gasteiger partial charge on any atom is -0.475 e. The highest BCUT2D eigenvalue weighted by atomic mass is 35.5. The molecular formula is C13H17ClN2O. The van der Waals surface area contributed by atoms with Crippen molar-refractivity contribution in [3.05, 3.63) is 34.9 Å². The molecule has 1 aliphatic heterocycles. The maximum atomic E-state index is 5.84. The fourth-order valence-corrected chi connectivity index (χ4v) is 1.98. The Hall–Kier alpha value is -1.06. The van der Waals surface area contributed by atoms with Crippen molar-refractivity contribution in [3.63, 3.8) is 0 Å². The standard InChI is InChI=1S/C13H17ClN2O/c14-11-5-3-10(4-6-11)8-12-9-16-13(17-12)2-1-7-15/h3-6,12H,1-2,7-9,15H2. The van der Waals surface area contributed by atoms with Gasteiger partial charge in [-0.1, -0.05) is 23.7 Å². The monoisotopic (exact) mass is 252 g/mol. The lowest BCUT2D eigenvalue weighted by molar-refractivity contribution is 0.218. The Labute approximate surface area is 107 Å². The Balaban J connectivity index is 1.81. The zero-order valence-corrected chi connectivity index (χ0v) is 10.5. The van der Waals surface area contributed by atoms with Crippen molar-refractivity contribution in [1.29, 1.82) is 0 Å². The first kappa shape index (κ1) is 12.4. The van der Waals surface area contributed by atoms with E-state index in [1.807, 2.05) is 24.3 Å². The Morgan fingerprint density at radius 2 is 2.12 bits per heavy atom. The summed E-state index contributed by atoms with van der Waals surface area (Å²) in [6.07, 6.45) is 2.84. The number of nitrogens with zero attached hydrogens (tertiary/aromatic N) is 1. The summed E-state index contributed by atoms with van der Waals surface area (Å²) in [6, 6.07) is 7.87. The van der Waals surface area contributed by atoms with Gasteiger partial charge < -0.3 is 10.5 Å². The van der Waals surface area contributed by atoms with Crippen LogP contribution in [0.4, 0.5) is 0 Å². The van der Waals surface area contributed by atoms with Crippen molar-refractivity contribution in [2.24, 2.45) is 10.7 Å². The first-order valence-electron chi connectivity index (χ1n) is 5.92. The Morgan fingerprint density at radius 1 is 1.35 bits per heavy atom. The van der Waals surface area contributed by atoms with E-state index in [2.05, 4.69) is 4.99 Å². The lowest BCUT2D eigenvalue weighted by Gasteiger charge is -2.11. The van der Waals surface area contributed by atoms with Crippen LogP contribution in [0.25, 0.3) is 0 Å². The minimum atomic E-state index is 0.170. The average Bonchev–Trinajstić information content (AvgIpc) is 2.77. The predicted octanol–water partition coefficient (Wildman–Crippen LogP) is 2.42. The molecular weight excluding hydrogens is 236 g/mol. The number of halogens is 1. The maximum absolute atomic E-state index is 5.84. The lowest BCUT2D eigenvalue weighted by Crippen LogP contribution is -2.16. The van der Waals surface area contributed by atoms with E-state index in [0.29, 0.717) is 6.54 Å². The largest absolute Gasteiger partial charge is 0.475 e. The molecule has 1 atom stereocenters. The van der Waals surface area contributed by atoms with Gasteiger partial charge in [-0.2, -0.15) is 0 Å². The van der Waals surface area contributed by atoms with Gasteiger partial charge in [-0.05, 0) is 30.7 Å². The van der Waals surface area contributed by atoms with Crippen LogP contribution in [-0.2, 0) is 11.2 Å². The highest BCUT2D eigenvalue weighted by Crippen LogP contribution is 2.16. The van der Waals surface area contributed by atoms with E-state index in [-0.39, 0.29) is 6.10 Å². The highest BCUT2D eigenvalue weighted by Gasteiger charge is 2.19. The second kappa shape index (κ2) is 6.03. The van der Waals surface area contributed by atoms with E-state index in [1.165, 1.54) is 5.56 Å². The quantitative estimate of drug-likeness (QED) is 0.875. The van der Waals surface area contributed by atoms with Gasteiger partial charge in [0.1, 0.15) is 6.10 Å². The van der Waals surface area contributed by atoms with Crippen molar-refractivity contribution in [2.75, 3.05) is 13.1 Å². The van der Waals surface area contributed by atoms with Crippen molar-refractivity contribution >= 4 is 17.5 Å². The summed E-state index contributed by atoms with van der Waals surface area (Å²) in [5, 5.41) is 0.765. The molecule has 1 heterocycles. The molecule has 3 nitrogen and oxygen atoms in total. The SMILES string of the molecule is NCCCC1=NCC(Cc2ccc(Cl)cc2)O1. The van der Waals surface area contributed by atoms with Gasteiger partial charge in [0.15, 0.2) is 5.90 Å². The molecule has 4 heteroatoms. The van der Waals surface area contributed by atoms with Crippen molar-refractivity contribution in [1.82, 2.24) is 0 Å². The van der Waals surface area contributed by atoms with Crippen LogP contribution in [0.2, 0.25) is 5.02 Å². The predicted molar refractivity (Wildman–Crippen MR) is 70.6 cm³/mol. The first-order chi connectivity index (χ1) is 8.28. The zero-order chi connectivity index (χ0) is 12.1. The summed E-state index contributed by atoms with van der Waals surface area (Å²) in [4.78, 5) is 4.38. The van der Waals surface area contributed by atoms with Crippen LogP contribution in [0.5, 0.6) is 0 Å². The second-order valence-electron chi connectivity index (χ2n) is 4.20. The van der Waals surface area contributed by atoms with E-state index >= 15 is 0 Å². The third-order valence-electron chi connectivity index (χ3n) is 2.75. The van der Waals surface area contributed by atoms with Crippen LogP contribution < -0.4 is 5.73 Å². The van der Waals surface area contributed by atoms with Crippen LogP contribution in [0.1, 0.15) is 18.4 Å². The van der Waals surface area contributed by atoms with Crippen LogP contribution in [0.15, 0.2) is 29.3 Å². The molecule has 0 radical (unpaired) electrons. The van der Waals surface area contributed by atoms with E-state index < -0.39 is 0 Å². The molecule has 0 spiro atoms. The van der Waals surface area contributed by atoms with Crippen molar-refractivity contribution in [2.45, 2.75) is 25.4 Å². The van der Waals surface area contributed by atoms with Gasteiger partial charge in [-0.25, -0.2) is 0 Å². The third-order valence-corrected chi connectivity index (χ3v) is 3.00. The van der Waals surface area contributed by atoms with Crippen LogP contribution in [0, 0.1) is 0 Å². The zero-order valence-electron chi connectivity index (χ0n) is 9.73. The summed E-state index contributed by atoms with van der Waals surface area (Å²) >= 11 is 5.84. The van der Waals surface area contributed by atoms with Gasteiger partial charge in [0.05, 0.1) is 6.54 Å². The molecule has 0 bridgehead atoms. The summed E-state index contributed by atoms with van der Waals surface area (Å²) in [7, 11) is 0. The summed E-state index contributed by atoms with van der Waals surface area (Å²) < 4.78 is 5.76. The number of aliphatic imine (C=N–C) groups is 1. The lowest BCUT2D eigenvalue weighted by atomic mass is 10.1. The van der Waals surface area contributed by atoms with E-state index in [4.69, 9.17) is 22.1 Å². The minimum absolute atomic E-state index is 0.170. The van der Waals surface area contributed by atoms with Gasteiger partial charge in [0.25, 0.3) is 0 Å². The van der Waals surface area contributed by atoms with Crippen LogP contribution in [-0.4, -0.2) is 25.1 Å².